The maximum Gasteiger partial charge on any atom is 0.254 e. The van der Waals surface area contributed by atoms with Crippen LogP contribution in [0.3, 0.4) is 0 Å². The van der Waals surface area contributed by atoms with E-state index >= 15 is 0 Å². The Balaban J connectivity index is 1.59. The molecule has 0 heterocycles. The van der Waals surface area contributed by atoms with Gasteiger partial charge in [0.1, 0.15) is 11.6 Å². The molecule has 31 heavy (non-hydrogen) atoms. The molecule has 1 N–H and O–H groups in total. The van der Waals surface area contributed by atoms with E-state index in [2.05, 4.69) is 5.32 Å². The smallest absolute Gasteiger partial charge is 0.254 e. The number of benzene rings is 3. The number of hydrogen-bond acceptors (Lipinski definition) is 2. The van der Waals surface area contributed by atoms with Crippen molar-refractivity contribution >= 4 is 11.8 Å². The molecule has 0 fully saturated rings. The molecule has 0 aliphatic rings. The van der Waals surface area contributed by atoms with Gasteiger partial charge in [-0.3, -0.25) is 9.59 Å². The Morgan fingerprint density at radius 2 is 1.48 bits per heavy atom. The van der Waals surface area contributed by atoms with E-state index in [0.717, 1.165) is 23.3 Å². The summed E-state index contributed by atoms with van der Waals surface area (Å²) < 4.78 is 26.7. The van der Waals surface area contributed by atoms with Gasteiger partial charge in [-0.05, 0) is 29.7 Å². The second-order valence-electron chi connectivity index (χ2n) is 7.21. The highest BCUT2D eigenvalue weighted by molar-refractivity contribution is 5.94. The molecule has 3 aromatic rings. The van der Waals surface area contributed by atoms with Crippen LogP contribution in [0.2, 0.25) is 0 Å². The monoisotopic (exact) mass is 422 g/mol. The van der Waals surface area contributed by atoms with Crippen molar-refractivity contribution in [2.45, 2.75) is 18.9 Å². The van der Waals surface area contributed by atoms with Gasteiger partial charge in [-0.2, -0.15) is 0 Å². The van der Waals surface area contributed by atoms with Crippen molar-refractivity contribution < 1.29 is 18.4 Å². The lowest BCUT2D eigenvalue weighted by atomic mass is 9.97. The summed E-state index contributed by atoms with van der Waals surface area (Å²) in [7, 11) is 1.76. The molecule has 0 aliphatic heterocycles. The van der Waals surface area contributed by atoms with Crippen LogP contribution in [0, 0.1) is 11.6 Å². The van der Waals surface area contributed by atoms with Gasteiger partial charge >= 0.3 is 0 Å². The van der Waals surface area contributed by atoms with Gasteiger partial charge in [0.25, 0.3) is 5.91 Å². The molecule has 0 unspecified atom stereocenters. The van der Waals surface area contributed by atoms with Crippen molar-refractivity contribution in [2.75, 3.05) is 13.6 Å². The molecular formula is C25H24F2N2O2. The fourth-order valence-electron chi connectivity index (χ4n) is 3.44. The molecule has 0 saturated heterocycles. The van der Waals surface area contributed by atoms with Crippen molar-refractivity contribution in [3.63, 3.8) is 0 Å². The molecule has 0 aliphatic carbocycles. The van der Waals surface area contributed by atoms with Crippen LogP contribution in [0.15, 0.2) is 78.9 Å². The van der Waals surface area contributed by atoms with Crippen LogP contribution < -0.4 is 5.32 Å². The van der Waals surface area contributed by atoms with Gasteiger partial charge in [0, 0.05) is 26.1 Å². The van der Waals surface area contributed by atoms with Crippen LogP contribution in [-0.2, 0) is 4.79 Å². The molecule has 3 rings (SSSR count). The molecule has 0 saturated carbocycles. The van der Waals surface area contributed by atoms with E-state index in [1.165, 1.54) is 0 Å². The summed E-state index contributed by atoms with van der Waals surface area (Å²) in [6.45, 7) is 0.205. The minimum absolute atomic E-state index is 0.0695. The van der Waals surface area contributed by atoms with E-state index < -0.39 is 17.5 Å². The molecule has 0 spiro atoms. The minimum Gasteiger partial charge on any atom is -0.352 e. The van der Waals surface area contributed by atoms with Gasteiger partial charge in [-0.15, -0.1) is 0 Å². The summed E-state index contributed by atoms with van der Waals surface area (Å²) in [4.78, 5) is 26.6. The third kappa shape index (κ3) is 5.75. The minimum atomic E-state index is -0.915. The van der Waals surface area contributed by atoms with Gasteiger partial charge in [0.05, 0.1) is 11.6 Å². The fraction of sp³-hybridized carbons (Fsp3) is 0.200. The van der Waals surface area contributed by atoms with Crippen molar-refractivity contribution in [2.24, 2.45) is 0 Å². The van der Waals surface area contributed by atoms with E-state index in [1.807, 2.05) is 60.7 Å². The number of hydrogen-bond donors (Lipinski definition) is 1. The summed E-state index contributed by atoms with van der Waals surface area (Å²) in [6, 6.07) is 22.1. The van der Waals surface area contributed by atoms with Gasteiger partial charge in [-0.1, -0.05) is 60.7 Å². The average molecular weight is 422 g/mol. The highest BCUT2D eigenvalue weighted by Gasteiger charge is 2.23. The first-order chi connectivity index (χ1) is 15.0. The fourth-order valence-corrected chi connectivity index (χ4v) is 3.44. The Morgan fingerprint density at radius 3 is 2.03 bits per heavy atom. The molecule has 6 heteroatoms. The Bertz CT molecular complexity index is 987. The van der Waals surface area contributed by atoms with Crippen molar-refractivity contribution in [3.05, 3.63) is 107 Å². The van der Waals surface area contributed by atoms with E-state index in [0.29, 0.717) is 12.5 Å². The normalized spacial score (nSPS) is 10.7. The molecule has 2 amide bonds. The first-order valence-electron chi connectivity index (χ1n) is 10.1. The van der Waals surface area contributed by atoms with Crippen molar-refractivity contribution in [1.82, 2.24) is 10.2 Å². The number of rotatable bonds is 8. The standard InChI is InChI=1S/C25H24F2N2O2/c1-29(24(18-9-4-2-5-10-18)19-11-6-3-7-12-19)23(30)13-8-16-28-25(31)21-15-14-20(26)17-22(21)27/h2-7,9-12,14-15,17,24H,8,13,16H2,1H3,(H,28,31). The first-order valence-corrected chi connectivity index (χ1v) is 10.1. The predicted molar refractivity (Wildman–Crippen MR) is 115 cm³/mol. The summed E-state index contributed by atoms with van der Waals surface area (Å²) >= 11 is 0. The van der Waals surface area contributed by atoms with Gasteiger partial charge in [0.15, 0.2) is 0 Å². The second-order valence-corrected chi connectivity index (χ2v) is 7.21. The maximum atomic E-state index is 13.7. The van der Waals surface area contributed by atoms with Gasteiger partial charge in [0.2, 0.25) is 5.91 Å². The number of nitrogens with zero attached hydrogens (tertiary/aromatic N) is 1. The zero-order valence-electron chi connectivity index (χ0n) is 17.2. The predicted octanol–water partition coefficient (Wildman–Crippen LogP) is 4.72. The number of carbonyl (C=O) groups is 2. The molecular weight excluding hydrogens is 398 g/mol. The largest absolute Gasteiger partial charge is 0.352 e. The van der Waals surface area contributed by atoms with Gasteiger partial charge in [-0.25, -0.2) is 8.78 Å². The number of nitrogens with one attached hydrogen (secondary N) is 1. The van der Waals surface area contributed by atoms with E-state index in [9.17, 15) is 18.4 Å². The zero-order chi connectivity index (χ0) is 22.2. The van der Waals surface area contributed by atoms with E-state index in [-0.39, 0.29) is 30.5 Å². The third-order valence-corrected chi connectivity index (χ3v) is 5.04. The average Bonchev–Trinajstić information content (AvgIpc) is 2.78. The lowest BCUT2D eigenvalue weighted by molar-refractivity contribution is -0.131. The van der Waals surface area contributed by atoms with Crippen LogP contribution in [-0.4, -0.2) is 30.3 Å². The Morgan fingerprint density at radius 1 is 0.903 bits per heavy atom. The zero-order valence-corrected chi connectivity index (χ0v) is 17.2. The van der Waals surface area contributed by atoms with Gasteiger partial charge < -0.3 is 10.2 Å². The molecule has 0 aromatic heterocycles. The molecule has 4 nitrogen and oxygen atoms in total. The lowest BCUT2D eigenvalue weighted by Crippen LogP contribution is -2.33. The van der Waals surface area contributed by atoms with Crippen molar-refractivity contribution in [1.29, 1.82) is 0 Å². The van der Waals surface area contributed by atoms with Crippen LogP contribution in [0.4, 0.5) is 8.78 Å². The highest BCUT2D eigenvalue weighted by Crippen LogP contribution is 2.28. The number of amides is 2. The SMILES string of the molecule is CN(C(=O)CCCNC(=O)c1ccc(F)cc1F)C(c1ccccc1)c1ccccc1. The Labute approximate surface area is 180 Å². The Hall–Kier alpha value is -3.54. The molecule has 3 aromatic carbocycles. The summed E-state index contributed by atoms with van der Waals surface area (Å²) in [6.07, 6.45) is 0.618. The third-order valence-electron chi connectivity index (χ3n) is 5.04. The first kappa shape index (κ1) is 22.2. The Kier molecular flexibility index (Phi) is 7.49. The maximum absolute atomic E-state index is 13.7. The van der Waals surface area contributed by atoms with Crippen molar-refractivity contribution in [3.8, 4) is 0 Å². The van der Waals surface area contributed by atoms with Crippen LogP contribution >= 0.6 is 0 Å². The van der Waals surface area contributed by atoms with E-state index in [4.69, 9.17) is 0 Å². The lowest BCUT2D eigenvalue weighted by Gasteiger charge is -2.29. The molecule has 0 radical (unpaired) electrons. The van der Waals surface area contributed by atoms with Crippen LogP contribution in [0.25, 0.3) is 0 Å². The quantitative estimate of drug-likeness (QED) is 0.534. The molecule has 0 bridgehead atoms. The highest BCUT2D eigenvalue weighted by atomic mass is 19.1. The second kappa shape index (κ2) is 10.5. The summed E-state index contributed by atoms with van der Waals surface area (Å²) in [5.74, 6) is -2.36. The summed E-state index contributed by atoms with van der Waals surface area (Å²) in [5, 5.41) is 2.57. The topological polar surface area (TPSA) is 49.4 Å². The molecule has 160 valence electrons. The van der Waals surface area contributed by atoms with E-state index in [1.54, 1.807) is 11.9 Å². The number of carbonyl (C=O) groups excluding carboxylic acids is 2. The summed E-state index contributed by atoms with van der Waals surface area (Å²) in [5.41, 5.74) is 1.78. The van der Waals surface area contributed by atoms with Crippen LogP contribution in [0.1, 0.15) is 40.4 Å². The van der Waals surface area contributed by atoms with Crippen LogP contribution in [0.5, 0.6) is 0 Å². The molecule has 0 atom stereocenters. The number of halogens is 2.